The van der Waals surface area contributed by atoms with E-state index < -0.39 is 17.7 Å². The summed E-state index contributed by atoms with van der Waals surface area (Å²) in [5.41, 5.74) is 7.68. The summed E-state index contributed by atoms with van der Waals surface area (Å²) in [6.45, 7) is 6.45. The number of hydrogen-bond acceptors (Lipinski definition) is 12. The van der Waals surface area contributed by atoms with Crippen molar-refractivity contribution in [1.29, 1.82) is 5.26 Å². The SMILES string of the molecule is C[C@@H](O)CN1CC2CCC(C1)N2c1nc(OCC2(CN3CC(CF)C3)CC2)nc2c(F)c(-c3ncc(F)c4sc(N)c(C#N)c34)c3c(c12)COC3. The minimum absolute atomic E-state index is 0.0537. The number of alkyl halides is 1. The van der Waals surface area contributed by atoms with E-state index in [-0.39, 0.29) is 86.7 Å². The van der Waals surface area contributed by atoms with E-state index in [1.165, 1.54) is 0 Å². The normalized spacial score (nSPS) is 23.5. The van der Waals surface area contributed by atoms with Crippen molar-refractivity contribution in [2.45, 2.75) is 64.0 Å². The second-order valence-corrected chi connectivity index (χ2v) is 16.2. The summed E-state index contributed by atoms with van der Waals surface area (Å²) in [7, 11) is 0. The third-order valence-electron chi connectivity index (χ3n) is 11.4. The zero-order valence-electron chi connectivity index (χ0n) is 28.3. The van der Waals surface area contributed by atoms with Crippen molar-refractivity contribution in [2.75, 3.05) is 63.2 Å². The number of benzene rings is 1. The molecule has 0 spiro atoms. The Kier molecular flexibility index (Phi) is 8.04. The topological polar surface area (TPSA) is 137 Å². The molecule has 0 radical (unpaired) electrons. The number of aliphatic hydroxyl groups excluding tert-OH is 1. The van der Waals surface area contributed by atoms with Crippen LogP contribution in [0, 0.1) is 34.3 Å². The Bertz CT molecular complexity index is 2080. The number of nitrogen functional groups attached to an aromatic ring is 1. The summed E-state index contributed by atoms with van der Waals surface area (Å²) in [5, 5.41) is 21.0. The molecule has 268 valence electrons. The molecule has 1 saturated carbocycles. The lowest BCUT2D eigenvalue weighted by Crippen LogP contribution is -2.55. The quantitative estimate of drug-likeness (QED) is 0.235. The molecule has 15 heteroatoms. The maximum atomic E-state index is 17.5. The van der Waals surface area contributed by atoms with Gasteiger partial charge >= 0.3 is 6.01 Å². The lowest BCUT2D eigenvalue weighted by atomic mass is 9.93. The van der Waals surface area contributed by atoms with Crippen molar-refractivity contribution in [3.63, 3.8) is 0 Å². The van der Waals surface area contributed by atoms with Crippen LogP contribution < -0.4 is 15.4 Å². The highest BCUT2D eigenvalue weighted by atomic mass is 32.1. The third kappa shape index (κ3) is 5.49. The molecule has 3 atom stereocenters. The number of fused-ring (bicyclic) bond motifs is 6. The first-order valence-corrected chi connectivity index (χ1v) is 18.5. The van der Waals surface area contributed by atoms with Gasteiger partial charge in [-0.3, -0.25) is 14.3 Å². The second kappa shape index (κ2) is 12.4. The summed E-state index contributed by atoms with van der Waals surface area (Å²) >= 11 is 0.935. The lowest BCUT2D eigenvalue weighted by molar-refractivity contribution is 0.0477. The Labute approximate surface area is 296 Å². The Morgan fingerprint density at radius 3 is 2.55 bits per heavy atom. The number of rotatable bonds is 10. The average Bonchev–Trinajstić information content (AvgIpc) is 3.37. The molecule has 3 aromatic heterocycles. The molecule has 4 fully saturated rings. The van der Waals surface area contributed by atoms with Gasteiger partial charge in [0.25, 0.3) is 0 Å². The molecule has 4 aliphatic heterocycles. The van der Waals surface area contributed by atoms with Gasteiger partial charge in [0.2, 0.25) is 0 Å². The van der Waals surface area contributed by atoms with Crippen LogP contribution in [-0.4, -0.2) is 101 Å². The van der Waals surface area contributed by atoms with E-state index in [0.29, 0.717) is 29.9 Å². The minimum atomic E-state index is -0.670. The molecular weight excluding hydrogens is 682 g/mol. The van der Waals surface area contributed by atoms with Crippen LogP contribution in [0.4, 0.5) is 24.0 Å². The number of hydrogen-bond donors (Lipinski definition) is 2. The molecule has 3 saturated heterocycles. The highest BCUT2D eigenvalue weighted by Crippen LogP contribution is 2.50. The van der Waals surface area contributed by atoms with Gasteiger partial charge in [-0.05, 0) is 43.7 Å². The fraction of sp³-hybridized carbons (Fsp3) is 0.556. The number of likely N-dealkylation sites (tertiary alicyclic amines) is 2. The van der Waals surface area contributed by atoms with Crippen LogP contribution in [0.1, 0.15) is 49.3 Å². The summed E-state index contributed by atoms with van der Waals surface area (Å²) in [6, 6.07) is 2.31. The Morgan fingerprint density at radius 2 is 1.86 bits per heavy atom. The summed E-state index contributed by atoms with van der Waals surface area (Å²) in [6.07, 6.45) is 4.38. The monoisotopic (exact) mass is 720 g/mol. The van der Waals surface area contributed by atoms with E-state index in [4.69, 9.17) is 25.2 Å². The average molecular weight is 721 g/mol. The van der Waals surface area contributed by atoms with Crippen LogP contribution in [0.2, 0.25) is 0 Å². The zero-order valence-corrected chi connectivity index (χ0v) is 29.1. The first kappa shape index (κ1) is 33.1. The van der Waals surface area contributed by atoms with Gasteiger partial charge in [0.1, 0.15) is 22.4 Å². The number of piperazine rings is 1. The molecule has 2 bridgehead atoms. The van der Waals surface area contributed by atoms with Crippen molar-refractivity contribution in [3.8, 4) is 23.3 Å². The van der Waals surface area contributed by atoms with Gasteiger partial charge in [-0.1, -0.05) is 0 Å². The molecule has 3 N–H and O–H groups in total. The largest absolute Gasteiger partial charge is 0.463 e. The maximum absolute atomic E-state index is 17.5. The maximum Gasteiger partial charge on any atom is 0.319 e. The van der Waals surface area contributed by atoms with Crippen molar-refractivity contribution in [3.05, 3.63) is 34.5 Å². The van der Waals surface area contributed by atoms with Crippen LogP contribution in [0.15, 0.2) is 6.20 Å². The fourth-order valence-corrected chi connectivity index (χ4v) is 9.78. The van der Waals surface area contributed by atoms with Crippen LogP contribution in [0.3, 0.4) is 0 Å². The zero-order chi connectivity index (χ0) is 35.2. The molecule has 7 heterocycles. The van der Waals surface area contributed by atoms with E-state index in [1.54, 1.807) is 6.92 Å². The minimum Gasteiger partial charge on any atom is -0.463 e. The predicted molar refractivity (Wildman–Crippen MR) is 186 cm³/mol. The van der Waals surface area contributed by atoms with Crippen molar-refractivity contribution >= 4 is 43.1 Å². The number of aromatic nitrogens is 3. The van der Waals surface area contributed by atoms with Gasteiger partial charge in [-0.15, -0.1) is 11.3 Å². The van der Waals surface area contributed by atoms with Crippen LogP contribution >= 0.6 is 11.3 Å². The number of β-amino-alcohol motifs (C(OH)–C–C–N with tert-alkyl or cyclic N) is 1. The van der Waals surface area contributed by atoms with Gasteiger partial charge in [0.15, 0.2) is 11.6 Å². The first-order valence-electron chi connectivity index (χ1n) is 17.7. The molecule has 0 amide bonds. The van der Waals surface area contributed by atoms with E-state index >= 15 is 8.78 Å². The number of nitrogens with zero attached hydrogens (tertiary/aromatic N) is 7. The van der Waals surface area contributed by atoms with Crippen molar-refractivity contribution < 1.29 is 27.8 Å². The molecule has 11 nitrogen and oxygen atoms in total. The molecular formula is C36H39F3N8O3S. The second-order valence-electron chi connectivity index (χ2n) is 15.2. The van der Waals surface area contributed by atoms with E-state index in [0.717, 1.165) is 81.5 Å². The summed E-state index contributed by atoms with van der Waals surface area (Å²) in [5.74, 6) is -0.617. The number of anilines is 2. The number of aliphatic hydroxyl groups is 1. The number of nitriles is 1. The molecule has 1 aliphatic carbocycles. The van der Waals surface area contributed by atoms with Gasteiger partial charge in [-0.25, -0.2) is 8.78 Å². The van der Waals surface area contributed by atoms with Crippen LogP contribution in [0.5, 0.6) is 6.01 Å². The third-order valence-corrected chi connectivity index (χ3v) is 12.4. The number of nitrogens with two attached hydrogens (primary N) is 1. The van der Waals surface area contributed by atoms with Crippen molar-refractivity contribution in [1.82, 2.24) is 24.8 Å². The van der Waals surface area contributed by atoms with E-state index in [2.05, 4.69) is 25.8 Å². The van der Waals surface area contributed by atoms with Crippen LogP contribution in [-0.2, 0) is 18.0 Å². The smallest absolute Gasteiger partial charge is 0.319 e. The fourth-order valence-electron chi connectivity index (χ4n) is 8.86. The Hall–Kier alpha value is -3.81. The first-order chi connectivity index (χ1) is 24.7. The van der Waals surface area contributed by atoms with Gasteiger partial charge in [0, 0.05) is 73.6 Å². The molecule has 9 rings (SSSR count). The van der Waals surface area contributed by atoms with Gasteiger partial charge in [-0.2, -0.15) is 15.2 Å². The van der Waals surface area contributed by atoms with Crippen molar-refractivity contribution in [2.24, 2.45) is 11.3 Å². The molecule has 4 aromatic rings. The van der Waals surface area contributed by atoms with Gasteiger partial charge in [0.05, 0.1) is 60.1 Å². The van der Waals surface area contributed by atoms with Crippen LogP contribution in [0.25, 0.3) is 32.2 Å². The predicted octanol–water partition coefficient (Wildman–Crippen LogP) is 4.76. The summed E-state index contributed by atoms with van der Waals surface area (Å²) < 4.78 is 58.1. The molecule has 5 aliphatic rings. The van der Waals surface area contributed by atoms with E-state index in [1.807, 2.05) is 0 Å². The number of halogens is 3. The Morgan fingerprint density at radius 1 is 1.12 bits per heavy atom. The summed E-state index contributed by atoms with van der Waals surface area (Å²) in [4.78, 5) is 21.0. The number of pyridine rings is 1. The Balaban J connectivity index is 1.18. The highest BCUT2D eigenvalue weighted by Gasteiger charge is 2.47. The van der Waals surface area contributed by atoms with Gasteiger partial charge < -0.3 is 30.1 Å². The number of thiophene rings is 1. The molecule has 1 aromatic carbocycles. The standard InChI is InChI=1S/C36H39F3N8O3S/c1-18(48)9-45-12-20-2-3-21(13-45)47(20)34-28-24-15-49-14-23(24)26(30-27-22(7-40)33(41)51-32(27)25(38)8-42-30)29(39)31(28)43-35(44-34)50-17-36(4-5-36)16-46-10-19(6-37)11-46/h8,18-21,48H,2-6,9-17,41H2,1H3/t18-,20?,21?/m1/s1. The van der Waals surface area contributed by atoms with E-state index in [9.17, 15) is 14.8 Å². The highest BCUT2D eigenvalue weighted by molar-refractivity contribution is 7.23. The molecule has 51 heavy (non-hydrogen) atoms. The lowest BCUT2D eigenvalue weighted by Gasteiger charge is -2.42. The number of ether oxygens (including phenoxy) is 2. The molecule has 2 unspecified atom stereocenters.